The van der Waals surface area contributed by atoms with Crippen molar-refractivity contribution in [2.45, 2.75) is 19.8 Å². The Labute approximate surface area is 103 Å². The first kappa shape index (κ1) is 14.5. The number of thiazole rings is 1. The van der Waals surface area contributed by atoms with Gasteiger partial charge in [0.15, 0.2) is 0 Å². The van der Waals surface area contributed by atoms with Crippen molar-refractivity contribution in [3.05, 3.63) is 15.6 Å². The van der Waals surface area contributed by atoms with Crippen molar-refractivity contribution in [1.29, 1.82) is 0 Å². The molecule has 1 aromatic rings. The van der Waals surface area contributed by atoms with Crippen LogP contribution in [0.4, 0.5) is 0 Å². The van der Waals surface area contributed by atoms with Crippen LogP contribution in [0.15, 0.2) is 0 Å². The quantitative estimate of drug-likeness (QED) is 0.850. The Morgan fingerprint density at radius 1 is 1.60 bits per heavy atom. The first-order chi connectivity index (χ1) is 6.67. The predicted molar refractivity (Wildman–Crippen MR) is 63.7 cm³/mol. The number of carbonyl (C=O) groups is 1. The Morgan fingerprint density at radius 2 is 2.27 bits per heavy atom. The fourth-order valence-electron chi connectivity index (χ4n) is 1.09. The van der Waals surface area contributed by atoms with Gasteiger partial charge in [-0.15, -0.1) is 28.3 Å². The number of carbonyl (C=O) groups excluding carboxylic acids is 1. The summed E-state index contributed by atoms with van der Waals surface area (Å²) >= 11 is 1.46. The van der Waals surface area contributed by atoms with Crippen LogP contribution in [0.5, 0.6) is 0 Å². The first-order valence-corrected chi connectivity index (χ1v) is 5.12. The lowest BCUT2D eigenvalue weighted by Gasteiger charge is -1.93. The van der Waals surface area contributed by atoms with E-state index in [1.54, 1.807) is 0 Å². The molecule has 0 spiro atoms. The number of aryl methyl sites for hydroxylation is 1. The van der Waals surface area contributed by atoms with E-state index in [2.05, 4.69) is 9.72 Å². The average molecular weight is 296 g/mol. The fraction of sp³-hybridized carbons (Fsp3) is 0.556. The smallest absolute Gasteiger partial charge is 0.312 e. The Balaban J connectivity index is 0.00000196. The number of hydrogen-bond donors (Lipinski definition) is 1. The van der Waals surface area contributed by atoms with E-state index in [0.29, 0.717) is 6.42 Å². The Bertz CT molecular complexity index is 327. The third-order valence-corrected chi connectivity index (χ3v) is 3.02. The molecular formula is C9H14BrNO3S. The molecule has 15 heavy (non-hydrogen) atoms. The van der Waals surface area contributed by atoms with Gasteiger partial charge in [0.1, 0.15) is 5.01 Å². The summed E-state index contributed by atoms with van der Waals surface area (Å²) < 4.78 is 4.54. The molecule has 0 unspecified atom stereocenters. The largest absolute Gasteiger partial charge is 0.469 e. The molecule has 0 aromatic carbocycles. The minimum atomic E-state index is -0.283. The highest BCUT2D eigenvalue weighted by Crippen LogP contribution is 2.19. The van der Waals surface area contributed by atoms with Crippen LogP contribution in [0.25, 0.3) is 0 Å². The molecule has 0 bridgehead atoms. The number of aliphatic hydroxyl groups excluding tert-OH is 1. The second-order valence-corrected chi connectivity index (χ2v) is 4.01. The van der Waals surface area contributed by atoms with Gasteiger partial charge in [-0.25, -0.2) is 4.98 Å². The lowest BCUT2D eigenvalue weighted by Crippen LogP contribution is -2.03. The van der Waals surface area contributed by atoms with Crippen LogP contribution in [-0.4, -0.2) is 29.8 Å². The maximum atomic E-state index is 11.0. The van der Waals surface area contributed by atoms with Gasteiger partial charge in [0.05, 0.1) is 19.2 Å². The number of methoxy groups -OCH3 is 1. The Morgan fingerprint density at radius 3 is 2.80 bits per heavy atom. The van der Waals surface area contributed by atoms with Gasteiger partial charge in [0.25, 0.3) is 0 Å². The molecule has 0 radical (unpaired) electrons. The van der Waals surface area contributed by atoms with Crippen molar-refractivity contribution in [2.24, 2.45) is 0 Å². The molecule has 0 atom stereocenters. The number of rotatable bonds is 4. The highest BCUT2D eigenvalue weighted by molar-refractivity contribution is 8.93. The van der Waals surface area contributed by atoms with Gasteiger partial charge < -0.3 is 9.84 Å². The molecule has 4 nitrogen and oxygen atoms in total. The van der Waals surface area contributed by atoms with Crippen molar-refractivity contribution < 1.29 is 14.6 Å². The third kappa shape index (κ3) is 4.27. The summed E-state index contributed by atoms with van der Waals surface area (Å²) in [5.74, 6) is -0.283. The van der Waals surface area contributed by atoms with Crippen molar-refractivity contribution in [3.8, 4) is 0 Å². The van der Waals surface area contributed by atoms with Gasteiger partial charge >= 0.3 is 5.97 Å². The molecule has 0 aliphatic rings. The van der Waals surface area contributed by atoms with Crippen LogP contribution >= 0.6 is 28.3 Å². The standard InChI is InChI=1S/C9H13NO3S.BrH/c1-6-7(3-4-11)14-8(10-6)5-9(12)13-2;/h11H,3-5H2,1-2H3;1H. The zero-order valence-electron chi connectivity index (χ0n) is 8.65. The van der Waals surface area contributed by atoms with Crippen LogP contribution in [-0.2, 0) is 22.4 Å². The lowest BCUT2D eigenvalue weighted by molar-refractivity contribution is -0.139. The molecule has 0 saturated heterocycles. The van der Waals surface area contributed by atoms with Crippen LogP contribution < -0.4 is 0 Å². The highest BCUT2D eigenvalue weighted by Gasteiger charge is 2.10. The number of nitrogens with zero attached hydrogens (tertiary/aromatic N) is 1. The van der Waals surface area contributed by atoms with Gasteiger partial charge in [-0.3, -0.25) is 4.79 Å². The summed E-state index contributed by atoms with van der Waals surface area (Å²) in [7, 11) is 1.36. The summed E-state index contributed by atoms with van der Waals surface area (Å²) in [6.07, 6.45) is 0.818. The Kier molecular flexibility index (Phi) is 6.71. The first-order valence-electron chi connectivity index (χ1n) is 4.30. The summed E-state index contributed by atoms with van der Waals surface area (Å²) in [6, 6.07) is 0. The van der Waals surface area contributed by atoms with Gasteiger partial charge in [-0.2, -0.15) is 0 Å². The second-order valence-electron chi connectivity index (χ2n) is 2.84. The van der Waals surface area contributed by atoms with E-state index in [1.807, 2.05) is 6.92 Å². The monoisotopic (exact) mass is 295 g/mol. The average Bonchev–Trinajstić information content (AvgIpc) is 2.47. The molecule has 0 aliphatic carbocycles. The summed E-state index contributed by atoms with van der Waals surface area (Å²) in [6.45, 7) is 1.99. The van der Waals surface area contributed by atoms with E-state index in [1.165, 1.54) is 18.4 Å². The van der Waals surface area contributed by atoms with Crippen molar-refractivity contribution in [2.75, 3.05) is 13.7 Å². The second kappa shape index (κ2) is 6.92. The molecule has 0 saturated carbocycles. The molecule has 86 valence electrons. The maximum Gasteiger partial charge on any atom is 0.312 e. The van der Waals surface area contributed by atoms with Gasteiger partial charge in [-0.1, -0.05) is 0 Å². The van der Waals surface area contributed by atoms with E-state index in [-0.39, 0.29) is 36.0 Å². The number of halogens is 1. The predicted octanol–water partition coefficient (Wildman–Crippen LogP) is 1.28. The number of hydrogen-bond acceptors (Lipinski definition) is 5. The molecule has 1 rings (SSSR count). The minimum absolute atomic E-state index is 0. The molecule has 0 amide bonds. The van der Waals surface area contributed by atoms with Crippen LogP contribution in [0, 0.1) is 6.92 Å². The van der Waals surface area contributed by atoms with E-state index in [0.717, 1.165) is 15.6 Å². The normalized spacial score (nSPS) is 9.53. The van der Waals surface area contributed by atoms with Crippen LogP contribution in [0.1, 0.15) is 15.6 Å². The van der Waals surface area contributed by atoms with E-state index >= 15 is 0 Å². The fourth-order valence-corrected chi connectivity index (χ4v) is 2.14. The van der Waals surface area contributed by atoms with Crippen molar-refractivity contribution >= 4 is 34.3 Å². The Hall–Kier alpha value is -0.460. The molecular weight excluding hydrogens is 282 g/mol. The van der Waals surface area contributed by atoms with Crippen molar-refractivity contribution in [3.63, 3.8) is 0 Å². The molecule has 1 heterocycles. The van der Waals surface area contributed by atoms with Crippen molar-refractivity contribution in [1.82, 2.24) is 4.98 Å². The number of ether oxygens (including phenoxy) is 1. The topological polar surface area (TPSA) is 59.4 Å². The zero-order valence-corrected chi connectivity index (χ0v) is 11.2. The molecule has 0 aliphatic heterocycles. The third-order valence-electron chi connectivity index (χ3n) is 1.80. The molecule has 1 N–H and O–H groups in total. The van der Waals surface area contributed by atoms with E-state index < -0.39 is 0 Å². The van der Waals surface area contributed by atoms with Crippen LogP contribution in [0.3, 0.4) is 0 Å². The van der Waals surface area contributed by atoms with E-state index in [4.69, 9.17) is 5.11 Å². The minimum Gasteiger partial charge on any atom is -0.469 e. The number of aliphatic hydroxyl groups is 1. The number of esters is 1. The summed E-state index contributed by atoms with van der Waals surface area (Å²) in [4.78, 5) is 16.2. The number of aromatic nitrogens is 1. The highest BCUT2D eigenvalue weighted by atomic mass is 79.9. The molecule has 0 fully saturated rings. The van der Waals surface area contributed by atoms with Gasteiger partial charge in [-0.05, 0) is 6.92 Å². The maximum absolute atomic E-state index is 11.0. The lowest BCUT2D eigenvalue weighted by atomic mass is 10.3. The van der Waals surface area contributed by atoms with Gasteiger partial charge in [0.2, 0.25) is 0 Å². The molecule has 1 aromatic heterocycles. The SMILES string of the molecule is Br.COC(=O)Cc1nc(C)c(CCO)s1. The zero-order chi connectivity index (χ0) is 10.6. The summed E-state index contributed by atoms with van der Waals surface area (Å²) in [5.41, 5.74) is 0.892. The van der Waals surface area contributed by atoms with Gasteiger partial charge in [0, 0.05) is 17.9 Å². The summed E-state index contributed by atoms with van der Waals surface area (Å²) in [5, 5.41) is 9.52. The molecule has 6 heteroatoms. The van der Waals surface area contributed by atoms with E-state index in [9.17, 15) is 4.79 Å². The van der Waals surface area contributed by atoms with Crippen LogP contribution in [0.2, 0.25) is 0 Å².